The molecule has 0 saturated carbocycles. The Morgan fingerprint density at radius 2 is 1.37 bits per heavy atom. The molecule has 2 N–H and O–H groups in total. The number of benzene rings is 3. The fraction of sp³-hybridized carbons (Fsp3) is 0.375. The average molecular weight is 512 g/mol. The fourth-order valence-electron chi connectivity index (χ4n) is 6.80. The summed E-state index contributed by atoms with van der Waals surface area (Å²) in [5.41, 5.74) is 1.71. The van der Waals surface area contributed by atoms with Gasteiger partial charge in [0.2, 0.25) is 5.60 Å². The van der Waals surface area contributed by atoms with Gasteiger partial charge in [-0.25, -0.2) is 4.79 Å². The Balaban J connectivity index is 1.15. The third kappa shape index (κ3) is 4.63. The quantitative estimate of drug-likeness (QED) is 0.377. The molecule has 6 heteroatoms. The van der Waals surface area contributed by atoms with Crippen molar-refractivity contribution >= 4 is 11.9 Å². The van der Waals surface area contributed by atoms with Crippen LogP contribution in [-0.4, -0.2) is 59.8 Å². The van der Waals surface area contributed by atoms with Crippen LogP contribution in [0.4, 0.5) is 0 Å². The first kappa shape index (κ1) is 24.8. The molecule has 4 aliphatic rings. The van der Waals surface area contributed by atoms with Gasteiger partial charge in [-0.2, -0.15) is 0 Å². The monoisotopic (exact) mass is 511 g/mol. The number of esters is 1. The van der Waals surface area contributed by atoms with Crippen molar-refractivity contribution in [2.45, 2.75) is 43.4 Å². The summed E-state index contributed by atoms with van der Waals surface area (Å²) < 4.78 is 6.78. The Labute approximate surface area is 223 Å². The number of quaternary nitrogens is 1. The molecule has 6 nitrogen and oxygen atoms in total. The lowest BCUT2D eigenvalue weighted by Crippen LogP contribution is -2.67. The Bertz CT molecular complexity index is 1240. The van der Waals surface area contributed by atoms with Gasteiger partial charge in [-0.3, -0.25) is 4.79 Å². The van der Waals surface area contributed by atoms with Crippen molar-refractivity contribution in [1.29, 1.82) is 0 Å². The van der Waals surface area contributed by atoms with E-state index in [1.807, 2.05) is 36.4 Å². The highest BCUT2D eigenvalue weighted by Crippen LogP contribution is 2.38. The number of ether oxygens (including phenoxy) is 1. The van der Waals surface area contributed by atoms with Crippen molar-refractivity contribution in [2.24, 2.45) is 5.92 Å². The lowest BCUT2D eigenvalue weighted by Gasteiger charge is -2.51. The Hall–Kier alpha value is -3.48. The molecule has 0 aromatic heterocycles. The van der Waals surface area contributed by atoms with Crippen molar-refractivity contribution in [1.82, 2.24) is 5.32 Å². The Kier molecular flexibility index (Phi) is 6.54. The number of carbonyl (C=O) groups is 2. The van der Waals surface area contributed by atoms with E-state index < -0.39 is 11.6 Å². The fourth-order valence-corrected chi connectivity index (χ4v) is 6.80. The van der Waals surface area contributed by atoms with Crippen LogP contribution in [0.1, 0.15) is 35.1 Å². The van der Waals surface area contributed by atoms with Gasteiger partial charge in [-0.1, -0.05) is 84.9 Å². The smallest absolute Gasteiger partial charge is 0.348 e. The third-order valence-corrected chi connectivity index (χ3v) is 8.87. The minimum absolute atomic E-state index is 0.0679. The first-order valence-electron chi connectivity index (χ1n) is 13.7. The second-order valence-electron chi connectivity index (χ2n) is 11.3. The maximum Gasteiger partial charge on any atom is 0.348 e. The van der Waals surface area contributed by atoms with Crippen LogP contribution in [0.2, 0.25) is 0 Å². The van der Waals surface area contributed by atoms with Crippen LogP contribution in [0, 0.1) is 5.92 Å². The summed E-state index contributed by atoms with van der Waals surface area (Å²) in [5, 5.41) is 15.1. The molecule has 1 aliphatic carbocycles. The van der Waals surface area contributed by atoms with Gasteiger partial charge in [-0.05, 0) is 35.1 Å². The standard InChI is InChI=1S/C32H34N2O4/c35-30(33-28-19-24-9-7-8-10-25(24)20-28)22-34-17-15-23(16-18-34)29(21-34)38-31(36)32(37,26-11-3-1-4-12-26)27-13-5-2-6-14-27/h1-14,23,28-29,37H,15-22H2/p+1/t23?,29-,34?/m0/s1. The summed E-state index contributed by atoms with van der Waals surface area (Å²) in [6.07, 6.45) is 3.25. The minimum atomic E-state index is -1.89. The summed E-state index contributed by atoms with van der Waals surface area (Å²) in [7, 11) is 0. The molecule has 0 radical (unpaired) electrons. The van der Waals surface area contributed by atoms with Crippen LogP contribution in [-0.2, 0) is 32.8 Å². The molecule has 0 spiro atoms. The Morgan fingerprint density at radius 3 is 1.92 bits per heavy atom. The van der Waals surface area contributed by atoms with Gasteiger partial charge in [0.05, 0.1) is 13.1 Å². The predicted molar refractivity (Wildman–Crippen MR) is 144 cm³/mol. The molecule has 3 aromatic rings. The highest BCUT2D eigenvalue weighted by atomic mass is 16.6. The molecule has 2 bridgehead atoms. The molecule has 3 fully saturated rings. The number of hydrogen-bond donors (Lipinski definition) is 2. The topological polar surface area (TPSA) is 75.6 Å². The summed E-state index contributed by atoms with van der Waals surface area (Å²) in [6.45, 7) is 2.83. The molecule has 1 amide bonds. The zero-order valence-corrected chi connectivity index (χ0v) is 21.6. The van der Waals surface area contributed by atoms with Crippen LogP contribution < -0.4 is 5.32 Å². The second-order valence-corrected chi connectivity index (χ2v) is 11.3. The van der Waals surface area contributed by atoms with Crippen molar-refractivity contribution in [3.8, 4) is 0 Å². The van der Waals surface area contributed by atoms with E-state index in [0.29, 0.717) is 28.7 Å². The zero-order valence-electron chi connectivity index (χ0n) is 21.6. The van der Waals surface area contributed by atoms with E-state index in [0.717, 1.165) is 38.8 Å². The minimum Gasteiger partial charge on any atom is -0.453 e. The van der Waals surface area contributed by atoms with Gasteiger partial charge in [-0.15, -0.1) is 0 Å². The zero-order chi connectivity index (χ0) is 26.2. The van der Waals surface area contributed by atoms with Gasteiger partial charge in [0.15, 0.2) is 12.6 Å². The third-order valence-electron chi connectivity index (χ3n) is 8.87. The molecule has 3 heterocycles. The van der Waals surface area contributed by atoms with Crippen molar-refractivity contribution in [2.75, 3.05) is 26.2 Å². The van der Waals surface area contributed by atoms with E-state index in [9.17, 15) is 14.7 Å². The largest absolute Gasteiger partial charge is 0.453 e. The van der Waals surface area contributed by atoms with Crippen molar-refractivity contribution in [3.63, 3.8) is 0 Å². The molecule has 7 rings (SSSR count). The van der Waals surface area contributed by atoms with Gasteiger partial charge in [0.1, 0.15) is 6.54 Å². The summed E-state index contributed by atoms with van der Waals surface area (Å²) in [5.74, 6) is -0.333. The van der Waals surface area contributed by atoms with Crippen molar-refractivity contribution < 1.29 is 23.9 Å². The van der Waals surface area contributed by atoms with Gasteiger partial charge >= 0.3 is 5.97 Å². The Morgan fingerprint density at radius 1 is 0.842 bits per heavy atom. The lowest BCUT2D eigenvalue weighted by atomic mass is 9.82. The number of aliphatic hydroxyl groups is 1. The highest BCUT2D eigenvalue weighted by molar-refractivity contribution is 5.85. The number of rotatable bonds is 7. The SMILES string of the molecule is O=C(C[N+]12CCC(CC1)[C@@H](OC(=O)C(O)(c1ccccc1)c1ccccc1)C2)NC1Cc2ccccc2C1. The first-order chi connectivity index (χ1) is 18.5. The molecule has 1 atom stereocenters. The predicted octanol–water partition coefficient (Wildman–Crippen LogP) is 3.36. The summed E-state index contributed by atoms with van der Waals surface area (Å²) in [6, 6.07) is 26.5. The molecule has 3 saturated heterocycles. The normalized spacial score (nSPS) is 24.6. The van der Waals surface area contributed by atoms with E-state index in [4.69, 9.17) is 4.74 Å². The molecule has 0 unspecified atom stereocenters. The maximum atomic E-state index is 13.7. The van der Waals surface area contributed by atoms with Crippen LogP contribution in [0.15, 0.2) is 84.9 Å². The van der Waals surface area contributed by atoms with E-state index in [1.165, 1.54) is 11.1 Å². The number of hydrogen-bond acceptors (Lipinski definition) is 4. The molecular formula is C32H35N2O4+. The number of nitrogens with zero attached hydrogens (tertiary/aromatic N) is 1. The van der Waals surface area contributed by atoms with E-state index in [2.05, 4.69) is 29.6 Å². The van der Waals surface area contributed by atoms with Crippen LogP contribution in [0.25, 0.3) is 0 Å². The summed E-state index contributed by atoms with van der Waals surface area (Å²) in [4.78, 5) is 26.9. The number of amides is 1. The molecule has 3 aromatic carbocycles. The highest BCUT2D eigenvalue weighted by Gasteiger charge is 2.51. The second kappa shape index (κ2) is 10.0. The molecule has 38 heavy (non-hydrogen) atoms. The number of fused-ring (bicyclic) bond motifs is 4. The van der Waals surface area contributed by atoms with Gasteiger partial charge in [0, 0.05) is 24.8 Å². The van der Waals surface area contributed by atoms with Crippen molar-refractivity contribution in [3.05, 3.63) is 107 Å². The van der Waals surface area contributed by atoms with Crippen LogP contribution >= 0.6 is 0 Å². The molecule has 3 aliphatic heterocycles. The number of nitrogens with one attached hydrogen (secondary N) is 1. The summed E-state index contributed by atoms with van der Waals surface area (Å²) >= 11 is 0. The average Bonchev–Trinajstić information content (AvgIpc) is 3.36. The van der Waals surface area contributed by atoms with E-state index in [1.54, 1.807) is 24.3 Å². The van der Waals surface area contributed by atoms with Crippen LogP contribution in [0.3, 0.4) is 0 Å². The van der Waals surface area contributed by atoms with E-state index >= 15 is 0 Å². The van der Waals surface area contributed by atoms with Crippen LogP contribution in [0.5, 0.6) is 0 Å². The molecular weight excluding hydrogens is 476 g/mol. The first-order valence-corrected chi connectivity index (χ1v) is 13.7. The lowest BCUT2D eigenvalue weighted by molar-refractivity contribution is -0.939. The van der Waals surface area contributed by atoms with E-state index in [-0.39, 0.29) is 24.0 Å². The number of piperidine rings is 3. The van der Waals surface area contributed by atoms with Gasteiger partial charge < -0.3 is 19.6 Å². The maximum absolute atomic E-state index is 13.7. The number of carbonyl (C=O) groups excluding carboxylic acids is 2. The molecule has 196 valence electrons. The van der Waals surface area contributed by atoms with Gasteiger partial charge in [0.25, 0.3) is 5.91 Å².